The van der Waals surface area contributed by atoms with Crippen LogP contribution in [0.3, 0.4) is 0 Å². The van der Waals surface area contributed by atoms with Gasteiger partial charge in [0.25, 0.3) is 6.43 Å². The lowest BCUT2D eigenvalue weighted by molar-refractivity contribution is -0.275. The Kier molecular flexibility index (Phi) is 4.26. The van der Waals surface area contributed by atoms with Gasteiger partial charge in [0.15, 0.2) is 5.75 Å². The van der Waals surface area contributed by atoms with Crippen molar-refractivity contribution in [2.75, 3.05) is 0 Å². The summed E-state index contributed by atoms with van der Waals surface area (Å²) in [6, 6.07) is 0. The normalized spacial score (nSPS) is 12.0. The Balaban J connectivity index is 3.34. The molecule has 0 aromatic carbocycles. The summed E-state index contributed by atoms with van der Waals surface area (Å²) in [5, 5.41) is 0. The van der Waals surface area contributed by atoms with Gasteiger partial charge in [-0.25, -0.2) is 8.78 Å². The molecule has 1 heterocycles. The third-order valence-electron chi connectivity index (χ3n) is 1.74. The van der Waals surface area contributed by atoms with Crippen molar-refractivity contribution in [3.05, 3.63) is 21.9 Å². The van der Waals surface area contributed by atoms with Crippen molar-refractivity contribution in [3.8, 4) is 5.75 Å². The van der Waals surface area contributed by atoms with Crippen LogP contribution in [-0.2, 0) is 6.54 Å². The number of nitrogens with two attached hydrogens (primary N) is 1. The maximum absolute atomic E-state index is 12.7. The maximum atomic E-state index is 12.7. The first kappa shape index (κ1) is 14.1. The molecule has 1 aromatic rings. The number of pyridine rings is 1. The molecule has 3 nitrogen and oxygen atoms in total. The zero-order valence-electron chi connectivity index (χ0n) is 8.06. The van der Waals surface area contributed by atoms with E-state index < -0.39 is 30.6 Å². The number of rotatable bonds is 3. The first-order chi connectivity index (χ1) is 7.76. The van der Waals surface area contributed by atoms with E-state index in [4.69, 9.17) is 5.73 Å². The Labute approximate surface area is 101 Å². The largest absolute Gasteiger partial charge is 0.573 e. The third-order valence-corrected chi connectivity index (χ3v) is 2.30. The van der Waals surface area contributed by atoms with E-state index in [1.807, 2.05) is 0 Å². The number of ether oxygens (including phenoxy) is 1. The van der Waals surface area contributed by atoms with Gasteiger partial charge in [-0.2, -0.15) is 0 Å². The van der Waals surface area contributed by atoms with Gasteiger partial charge < -0.3 is 10.5 Å². The van der Waals surface area contributed by atoms with Crippen molar-refractivity contribution >= 4 is 15.9 Å². The number of hydrogen-bond acceptors (Lipinski definition) is 3. The predicted molar refractivity (Wildman–Crippen MR) is 51.5 cm³/mol. The number of alkyl halides is 5. The fourth-order valence-corrected chi connectivity index (χ4v) is 1.53. The summed E-state index contributed by atoms with van der Waals surface area (Å²) in [7, 11) is 0. The number of halogens is 6. The molecule has 96 valence electrons. The van der Waals surface area contributed by atoms with Crippen LogP contribution in [0.5, 0.6) is 5.75 Å². The zero-order chi connectivity index (χ0) is 13.2. The van der Waals surface area contributed by atoms with Gasteiger partial charge in [-0.1, -0.05) is 0 Å². The monoisotopic (exact) mass is 320 g/mol. The van der Waals surface area contributed by atoms with E-state index in [0.717, 1.165) is 6.20 Å². The molecule has 2 N–H and O–H groups in total. The first-order valence-electron chi connectivity index (χ1n) is 4.17. The third kappa shape index (κ3) is 3.50. The summed E-state index contributed by atoms with van der Waals surface area (Å²) in [5.74, 6) is -1.01. The second kappa shape index (κ2) is 5.13. The Morgan fingerprint density at radius 2 is 2.00 bits per heavy atom. The highest BCUT2D eigenvalue weighted by atomic mass is 79.9. The van der Waals surface area contributed by atoms with Crippen LogP contribution in [0.25, 0.3) is 0 Å². The van der Waals surface area contributed by atoms with E-state index in [1.54, 1.807) is 0 Å². The van der Waals surface area contributed by atoms with E-state index >= 15 is 0 Å². The molecule has 0 saturated heterocycles. The molecule has 0 radical (unpaired) electrons. The summed E-state index contributed by atoms with van der Waals surface area (Å²) in [4.78, 5) is 3.51. The highest BCUT2D eigenvalue weighted by molar-refractivity contribution is 9.10. The molecule has 0 aliphatic carbocycles. The number of nitrogens with zero attached hydrogens (tertiary/aromatic N) is 1. The highest BCUT2D eigenvalue weighted by Crippen LogP contribution is 2.39. The standard InChI is InChI=1S/C8H6BrF5N2O/c9-3-2-16-4(1-15)5(7(10)11)6(3)17-8(12,13)14/h2,7H,1,15H2. The fraction of sp³-hybridized carbons (Fsp3) is 0.375. The number of hydrogen-bond donors (Lipinski definition) is 1. The minimum absolute atomic E-state index is 0.317. The van der Waals surface area contributed by atoms with Crippen LogP contribution < -0.4 is 10.5 Å². The summed E-state index contributed by atoms with van der Waals surface area (Å²) in [6.45, 7) is -0.416. The second-order valence-corrected chi connectivity index (χ2v) is 3.70. The van der Waals surface area contributed by atoms with Crippen LogP contribution in [0, 0.1) is 0 Å². The van der Waals surface area contributed by atoms with E-state index in [9.17, 15) is 22.0 Å². The van der Waals surface area contributed by atoms with Gasteiger partial charge in [-0.05, 0) is 15.9 Å². The van der Waals surface area contributed by atoms with Crippen molar-refractivity contribution in [3.63, 3.8) is 0 Å². The lowest BCUT2D eigenvalue weighted by atomic mass is 10.2. The Bertz CT molecular complexity index is 410. The average molecular weight is 321 g/mol. The van der Waals surface area contributed by atoms with Crippen LogP contribution in [-0.4, -0.2) is 11.3 Å². The SMILES string of the molecule is NCc1ncc(Br)c(OC(F)(F)F)c1C(F)F. The molecule has 0 amide bonds. The smallest absolute Gasteiger partial charge is 0.404 e. The molecular weight excluding hydrogens is 315 g/mol. The molecule has 0 fully saturated rings. The molecule has 1 rings (SSSR count). The van der Waals surface area contributed by atoms with Gasteiger partial charge in [-0.15, -0.1) is 13.2 Å². The molecule has 0 saturated carbocycles. The molecule has 0 bridgehead atoms. The second-order valence-electron chi connectivity index (χ2n) is 2.85. The lowest BCUT2D eigenvalue weighted by Gasteiger charge is -2.16. The van der Waals surface area contributed by atoms with Crippen molar-refractivity contribution in [2.45, 2.75) is 19.3 Å². The Morgan fingerprint density at radius 3 is 2.41 bits per heavy atom. The van der Waals surface area contributed by atoms with Gasteiger partial charge in [-0.3, -0.25) is 4.98 Å². The predicted octanol–water partition coefficient (Wildman–Crippen LogP) is 3.14. The van der Waals surface area contributed by atoms with Crippen molar-refractivity contribution in [1.82, 2.24) is 4.98 Å². The van der Waals surface area contributed by atoms with E-state index in [2.05, 4.69) is 25.7 Å². The van der Waals surface area contributed by atoms with Crippen LogP contribution >= 0.6 is 15.9 Å². The summed E-state index contributed by atoms with van der Waals surface area (Å²) in [5.41, 5.74) is 3.82. The topological polar surface area (TPSA) is 48.1 Å². The first-order valence-corrected chi connectivity index (χ1v) is 4.96. The molecule has 0 aliphatic heterocycles. The van der Waals surface area contributed by atoms with Gasteiger partial charge in [0.05, 0.1) is 15.7 Å². The van der Waals surface area contributed by atoms with E-state index in [0.29, 0.717) is 0 Å². The average Bonchev–Trinajstić information content (AvgIpc) is 2.18. The zero-order valence-corrected chi connectivity index (χ0v) is 9.65. The van der Waals surface area contributed by atoms with E-state index in [-0.39, 0.29) is 10.2 Å². The molecular formula is C8H6BrF5N2O. The lowest BCUT2D eigenvalue weighted by Crippen LogP contribution is -2.20. The van der Waals surface area contributed by atoms with Gasteiger partial charge in [0.2, 0.25) is 0 Å². The molecule has 0 aliphatic rings. The quantitative estimate of drug-likeness (QED) is 0.870. The van der Waals surface area contributed by atoms with Crippen LogP contribution in [0.4, 0.5) is 22.0 Å². The Morgan fingerprint density at radius 1 is 1.41 bits per heavy atom. The van der Waals surface area contributed by atoms with Crippen molar-refractivity contribution < 1.29 is 26.7 Å². The highest BCUT2D eigenvalue weighted by Gasteiger charge is 2.35. The van der Waals surface area contributed by atoms with Crippen LogP contribution in [0.1, 0.15) is 17.7 Å². The molecule has 9 heteroatoms. The van der Waals surface area contributed by atoms with Gasteiger partial charge in [0.1, 0.15) is 0 Å². The van der Waals surface area contributed by atoms with E-state index in [1.165, 1.54) is 0 Å². The maximum Gasteiger partial charge on any atom is 0.573 e. The summed E-state index contributed by atoms with van der Waals surface area (Å²) < 4.78 is 64.7. The molecule has 0 spiro atoms. The summed E-state index contributed by atoms with van der Waals surface area (Å²) >= 11 is 2.67. The fourth-order valence-electron chi connectivity index (χ4n) is 1.13. The van der Waals surface area contributed by atoms with Crippen molar-refractivity contribution in [2.24, 2.45) is 5.73 Å². The minimum atomic E-state index is -5.07. The van der Waals surface area contributed by atoms with Crippen LogP contribution in [0.2, 0.25) is 0 Å². The molecule has 0 unspecified atom stereocenters. The van der Waals surface area contributed by atoms with Gasteiger partial charge >= 0.3 is 6.36 Å². The van der Waals surface area contributed by atoms with Crippen molar-refractivity contribution in [1.29, 1.82) is 0 Å². The van der Waals surface area contributed by atoms with Crippen LogP contribution in [0.15, 0.2) is 10.7 Å². The molecule has 1 aromatic heterocycles. The van der Waals surface area contributed by atoms with Gasteiger partial charge in [0, 0.05) is 12.7 Å². The molecule has 17 heavy (non-hydrogen) atoms. The molecule has 0 atom stereocenters. The number of aromatic nitrogens is 1. The summed E-state index contributed by atoms with van der Waals surface area (Å²) in [6.07, 6.45) is -7.31. The Hall–Kier alpha value is -0.960. The minimum Gasteiger partial charge on any atom is -0.404 e.